The summed E-state index contributed by atoms with van der Waals surface area (Å²) in [6, 6.07) is 63.0. The topological polar surface area (TPSA) is 29.5 Å². The van der Waals surface area contributed by atoms with Crippen molar-refractivity contribution in [3.63, 3.8) is 0 Å². The van der Waals surface area contributed by atoms with Crippen molar-refractivity contribution in [2.24, 2.45) is 0 Å². The van der Waals surface area contributed by atoms with Gasteiger partial charge in [-0.1, -0.05) is 141 Å². The van der Waals surface area contributed by atoms with E-state index in [2.05, 4.69) is 176 Å². The maximum atomic E-state index is 6.74. The third-order valence-electron chi connectivity index (χ3n) is 11.5. The average molecular weight is 694 g/mol. The molecule has 0 N–H and O–H groups in total. The van der Waals surface area contributed by atoms with Crippen LogP contribution in [-0.4, -0.2) is 0 Å². The predicted octanol–water partition coefficient (Wildman–Crippen LogP) is 14.6. The number of furan rings is 2. The van der Waals surface area contributed by atoms with Gasteiger partial charge in [0.2, 0.25) is 0 Å². The van der Waals surface area contributed by atoms with E-state index in [9.17, 15) is 0 Å². The van der Waals surface area contributed by atoms with Gasteiger partial charge in [0.1, 0.15) is 22.3 Å². The number of para-hydroxylation sites is 3. The largest absolute Gasteiger partial charge is 0.455 e. The third kappa shape index (κ3) is 4.55. The summed E-state index contributed by atoms with van der Waals surface area (Å²) in [5, 5.41) is 4.34. The molecule has 0 fully saturated rings. The summed E-state index contributed by atoms with van der Waals surface area (Å²) in [7, 11) is 0. The van der Waals surface area contributed by atoms with Crippen molar-refractivity contribution in [1.29, 1.82) is 0 Å². The number of benzene rings is 8. The smallest absolute Gasteiger partial charge is 0.143 e. The zero-order valence-corrected chi connectivity index (χ0v) is 30.0. The van der Waals surface area contributed by atoms with Gasteiger partial charge in [0, 0.05) is 55.1 Å². The summed E-state index contributed by atoms with van der Waals surface area (Å²) in [5.41, 5.74) is 16.2. The van der Waals surface area contributed by atoms with Crippen molar-refractivity contribution in [2.45, 2.75) is 19.3 Å². The van der Waals surface area contributed by atoms with Gasteiger partial charge < -0.3 is 13.7 Å². The fraction of sp³-hybridized carbons (Fsp3) is 0.0588. The summed E-state index contributed by atoms with van der Waals surface area (Å²) < 4.78 is 13.4. The van der Waals surface area contributed by atoms with Crippen LogP contribution < -0.4 is 4.90 Å². The van der Waals surface area contributed by atoms with Crippen molar-refractivity contribution in [1.82, 2.24) is 0 Å². The first-order valence-corrected chi connectivity index (χ1v) is 18.6. The summed E-state index contributed by atoms with van der Waals surface area (Å²) in [6.45, 7) is 4.69. The second-order valence-corrected chi connectivity index (χ2v) is 14.9. The molecule has 0 atom stereocenters. The standard InChI is InChI=1S/C51H35NO2/c1-51(2)45-20-9-6-15-37(45)38-28-27-35(31-46(38)51)52(34-25-23-33(24-26-34)32-13-4-3-5-14-32)36-29-43-40-17-8-11-22-48(40)54-50(43)44(30-36)42-19-12-18-41-39-16-7-10-21-47(39)53-49(41)42/h3-31H,1-2H3. The second kappa shape index (κ2) is 11.6. The second-order valence-electron chi connectivity index (χ2n) is 14.9. The fourth-order valence-electron chi connectivity index (χ4n) is 8.81. The maximum absolute atomic E-state index is 6.74. The summed E-state index contributed by atoms with van der Waals surface area (Å²) in [4.78, 5) is 2.40. The molecule has 2 aromatic heterocycles. The van der Waals surface area contributed by atoms with Crippen LogP contribution in [0.3, 0.4) is 0 Å². The lowest BCUT2D eigenvalue weighted by Crippen LogP contribution is -2.16. The molecule has 0 saturated heterocycles. The zero-order chi connectivity index (χ0) is 36.0. The highest BCUT2D eigenvalue weighted by molar-refractivity contribution is 6.16. The van der Waals surface area contributed by atoms with Crippen molar-refractivity contribution in [2.75, 3.05) is 4.90 Å². The van der Waals surface area contributed by atoms with Gasteiger partial charge in [0.05, 0.1) is 0 Å². The highest BCUT2D eigenvalue weighted by atomic mass is 16.3. The van der Waals surface area contributed by atoms with Crippen molar-refractivity contribution >= 4 is 60.9 Å². The number of rotatable bonds is 5. The van der Waals surface area contributed by atoms with E-state index >= 15 is 0 Å². The minimum Gasteiger partial charge on any atom is -0.455 e. The fourth-order valence-corrected chi connectivity index (χ4v) is 8.81. The Hall–Kier alpha value is -6.84. The van der Waals surface area contributed by atoms with E-state index in [0.717, 1.165) is 72.1 Å². The molecule has 8 aromatic carbocycles. The van der Waals surface area contributed by atoms with Crippen LogP contribution in [0.5, 0.6) is 0 Å². The van der Waals surface area contributed by atoms with Crippen LogP contribution in [-0.2, 0) is 5.41 Å². The molecule has 0 aliphatic heterocycles. The Kier molecular flexibility index (Phi) is 6.60. The molecule has 0 unspecified atom stereocenters. The van der Waals surface area contributed by atoms with Crippen LogP contribution in [0.25, 0.3) is 77.3 Å². The van der Waals surface area contributed by atoms with Gasteiger partial charge in [-0.15, -0.1) is 0 Å². The highest BCUT2D eigenvalue weighted by Gasteiger charge is 2.36. The van der Waals surface area contributed by atoms with Crippen LogP contribution in [0, 0.1) is 0 Å². The molecule has 10 aromatic rings. The Balaban J connectivity index is 1.18. The van der Waals surface area contributed by atoms with Crippen LogP contribution in [0.15, 0.2) is 185 Å². The molecule has 0 bridgehead atoms. The molecular weight excluding hydrogens is 659 g/mol. The lowest BCUT2D eigenvalue weighted by atomic mass is 9.82. The van der Waals surface area contributed by atoms with E-state index in [0.29, 0.717) is 0 Å². The molecule has 1 aliphatic carbocycles. The van der Waals surface area contributed by atoms with Crippen LogP contribution >= 0.6 is 0 Å². The van der Waals surface area contributed by atoms with E-state index in [1.54, 1.807) is 0 Å². The molecule has 3 heteroatoms. The monoisotopic (exact) mass is 693 g/mol. The molecule has 1 aliphatic rings. The average Bonchev–Trinajstić information content (AvgIpc) is 3.86. The normalized spacial score (nSPS) is 13.1. The molecule has 0 spiro atoms. The van der Waals surface area contributed by atoms with Crippen molar-refractivity contribution in [3.8, 4) is 33.4 Å². The lowest BCUT2D eigenvalue weighted by Gasteiger charge is -2.29. The van der Waals surface area contributed by atoms with Gasteiger partial charge in [0.15, 0.2) is 0 Å². The van der Waals surface area contributed by atoms with Gasteiger partial charge in [-0.2, -0.15) is 0 Å². The van der Waals surface area contributed by atoms with Gasteiger partial charge in [-0.3, -0.25) is 0 Å². The molecule has 0 amide bonds. The van der Waals surface area contributed by atoms with E-state index in [-0.39, 0.29) is 5.41 Å². The van der Waals surface area contributed by atoms with Gasteiger partial charge >= 0.3 is 0 Å². The van der Waals surface area contributed by atoms with E-state index in [4.69, 9.17) is 8.83 Å². The number of hydrogen-bond acceptors (Lipinski definition) is 3. The molecule has 0 saturated carbocycles. The third-order valence-corrected chi connectivity index (χ3v) is 11.5. The number of nitrogens with zero attached hydrogens (tertiary/aromatic N) is 1. The summed E-state index contributed by atoms with van der Waals surface area (Å²) in [5.74, 6) is 0. The highest BCUT2D eigenvalue weighted by Crippen LogP contribution is 2.51. The zero-order valence-electron chi connectivity index (χ0n) is 30.0. The first-order chi connectivity index (χ1) is 26.5. The number of anilines is 3. The van der Waals surface area contributed by atoms with Crippen molar-refractivity contribution < 1.29 is 8.83 Å². The van der Waals surface area contributed by atoms with E-state index in [1.165, 1.54) is 33.4 Å². The Bertz CT molecular complexity index is 3070. The molecule has 256 valence electrons. The Morgan fingerprint density at radius 2 is 0.944 bits per heavy atom. The summed E-state index contributed by atoms with van der Waals surface area (Å²) in [6.07, 6.45) is 0. The molecule has 2 heterocycles. The van der Waals surface area contributed by atoms with Gasteiger partial charge in [-0.05, 0) is 81.9 Å². The quantitative estimate of drug-likeness (QED) is 0.180. The first-order valence-electron chi connectivity index (χ1n) is 18.6. The van der Waals surface area contributed by atoms with E-state index in [1.807, 2.05) is 18.2 Å². The van der Waals surface area contributed by atoms with Crippen LogP contribution in [0.1, 0.15) is 25.0 Å². The first kappa shape index (κ1) is 30.8. The van der Waals surface area contributed by atoms with Crippen LogP contribution in [0.4, 0.5) is 17.1 Å². The van der Waals surface area contributed by atoms with Crippen LogP contribution in [0.2, 0.25) is 0 Å². The lowest BCUT2D eigenvalue weighted by molar-refractivity contribution is 0.660. The summed E-state index contributed by atoms with van der Waals surface area (Å²) >= 11 is 0. The SMILES string of the molecule is CC1(C)c2ccccc2-c2ccc(N(c3ccc(-c4ccccc4)cc3)c3cc(-c4cccc5c4oc4ccccc45)c4oc5ccccc5c4c3)cc21. The number of fused-ring (bicyclic) bond motifs is 9. The minimum absolute atomic E-state index is 0.141. The maximum Gasteiger partial charge on any atom is 0.143 e. The number of hydrogen-bond donors (Lipinski definition) is 0. The Labute approximate surface area is 313 Å². The van der Waals surface area contributed by atoms with Gasteiger partial charge in [0.25, 0.3) is 0 Å². The molecule has 3 nitrogen and oxygen atoms in total. The Morgan fingerprint density at radius 1 is 0.370 bits per heavy atom. The molecular formula is C51H35NO2. The Morgan fingerprint density at radius 3 is 1.72 bits per heavy atom. The predicted molar refractivity (Wildman–Crippen MR) is 224 cm³/mol. The molecule has 0 radical (unpaired) electrons. The molecule has 11 rings (SSSR count). The van der Waals surface area contributed by atoms with Gasteiger partial charge in [-0.25, -0.2) is 0 Å². The van der Waals surface area contributed by atoms with Crippen molar-refractivity contribution in [3.05, 3.63) is 187 Å². The minimum atomic E-state index is -0.141. The van der Waals surface area contributed by atoms with E-state index < -0.39 is 0 Å². The molecule has 54 heavy (non-hydrogen) atoms.